The van der Waals surface area contributed by atoms with Gasteiger partial charge in [0.1, 0.15) is 0 Å². The Morgan fingerprint density at radius 1 is 1.21 bits per heavy atom. The van der Waals surface area contributed by atoms with E-state index in [9.17, 15) is 0 Å². The predicted octanol–water partition coefficient (Wildman–Crippen LogP) is 2.63. The number of rotatable bonds is 4. The maximum absolute atomic E-state index is 5.50. The molecular weight excluding hydrogens is 298 g/mol. The molecule has 0 unspecified atom stereocenters. The lowest BCUT2D eigenvalue weighted by Gasteiger charge is -2.30. The van der Waals surface area contributed by atoms with Crippen molar-refractivity contribution in [2.75, 3.05) is 46.9 Å². The topological polar surface area (TPSA) is 28.6 Å². The lowest BCUT2D eigenvalue weighted by molar-refractivity contribution is 0.0958. The quantitative estimate of drug-likeness (QED) is 0.864. The first-order chi connectivity index (χ1) is 11.7. The van der Waals surface area contributed by atoms with Gasteiger partial charge in [0.25, 0.3) is 0 Å². The van der Waals surface area contributed by atoms with Crippen LogP contribution in [0.4, 0.5) is 0 Å². The molecule has 1 spiro atoms. The van der Waals surface area contributed by atoms with Crippen molar-refractivity contribution in [1.29, 1.82) is 0 Å². The van der Waals surface area contributed by atoms with Crippen LogP contribution in [0.1, 0.15) is 12.1 Å². The van der Waals surface area contributed by atoms with Crippen molar-refractivity contribution in [1.82, 2.24) is 14.8 Å². The number of pyridine rings is 1. The van der Waals surface area contributed by atoms with Gasteiger partial charge in [0.2, 0.25) is 0 Å². The molecule has 128 valence electrons. The van der Waals surface area contributed by atoms with Gasteiger partial charge in [-0.25, -0.2) is 0 Å². The van der Waals surface area contributed by atoms with Gasteiger partial charge in [0, 0.05) is 50.0 Å². The zero-order valence-corrected chi connectivity index (χ0v) is 14.7. The second-order valence-corrected chi connectivity index (χ2v) is 7.67. The number of hydrogen-bond donors (Lipinski definition) is 0. The van der Waals surface area contributed by atoms with Crippen molar-refractivity contribution in [3.05, 3.63) is 42.1 Å². The highest BCUT2D eigenvalue weighted by Crippen LogP contribution is 2.43. The van der Waals surface area contributed by atoms with Crippen molar-refractivity contribution in [2.24, 2.45) is 11.3 Å². The molecule has 2 aliphatic rings. The molecular formula is C20H27N3O. The minimum Gasteiger partial charge on any atom is -0.384 e. The number of methoxy groups -OCH3 is 1. The third-order valence-corrected chi connectivity index (χ3v) is 5.86. The molecule has 0 amide bonds. The molecule has 4 nitrogen and oxygen atoms in total. The lowest BCUT2D eigenvalue weighted by Crippen LogP contribution is -2.36. The Morgan fingerprint density at radius 2 is 2.08 bits per heavy atom. The fourth-order valence-electron chi connectivity index (χ4n) is 4.74. The molecule has 0 aliphatic carbocycles. The van der Waals surface area contributed by atoms with Gasteiger partial charge in [0.05, 0.1) is 17.8 Å². The molecule has 0 bridgehead atoms. The molecule has 2 fully saturated rings. The Balaban J connectivity index is 1.48. The van der Waals surface area contributed by atoms with E-state index >= 15 is 0 Å². The van der Waals surface area contributed by atoms with Crippen LogP contribution >= 0.6 is 0 Å². The van der Waals surface area contributed by atoms with Gasteiger partial charge >= 0.3 is 0 Å². The zero-order chi connectivity index (χ0) is 16.6. The Bertz CT molecular complexity index is 719. The van der Waals surface area contributed by atoms with Crippen LogP contribution in [-0.4, -0.2) is 61.7 Å². The minimum absolute atomic E-state index is 0.404. The molecule has 4 rings (SSSR count). The smallest absolute Gasteiger partial charge is 0.0705 e. The van der Waals surface area contributed by atoms with Crippen LogP contribution in [0.5, 0.6) is 0 Å². The molecule has 2 atom stereocenters. The highest BCUT2D eigenvalue weighted by molar-refractivity contribution is 5.78. The molecule has 0 saturated carbocycles. The van der Waals surface area contributed by atoms with Crippen molar-refractivity contribution < 1.29 is 4.74 Å². The molecule has 0 radical (unpaired) electrons. The summed E-state index contributed by atoms with van der Waals surface area (Å²) >= 11 is 0. The monoisotopic (exact) mass is 325 g/mol. The van der Waals surface area contributed by atoms with Crippen molar-refractivity contribution in [3.63, 3.8) is 0 Å². The number of benzene rings is 1. The van der Waals surface area contributed by atoms with Crippen LogP contribution in [0.25, 0.3) is 10.9 Å². The lowest BCUT2D eigenvalue weighted by atomic mass is 9.78. The third kappa shape index (κ3) is 2.94. The van der Waals surface area contributed by atoms with E-state index in [0.717, 1.165) is 25.2 Å². The third-order valence-electron chi connectivity index (χ3n) is 5.86. The van der Waals surface area contributed by atoms with Gasteiger partial charge in [-0.05, 0) is 32.1 Å². The first-order valence-corrected chi connectivity index (χ1v) is 8.93. The van der Waals surface area contributed by atoms with Crippen LogP contribution in [0, 0.1) is 11.3 Å². The summed E-state index contributed by atoms with van der Waals surface area (Å²) in [7, 11) is 4.07. The number of likely N-dealkylation sites (tertiary alicyclic amines) is 2. The van der Waals surface area contributed by atoms with Crippen molar-refractivity contribution in [2.45, 2.75) is 13.0 Å². The minimum atomic E-state index is 0.404. The molecule has 4 heteroatoms. The van der Waals surface area contributed by atoms with E-state index in [0.29, 0.717) is 11.3 Å². The summed E-state index contributed by atoms with van der Waals surface area (Å²) in [5.74, 6) is 0.655. The molecule has 1 aromatic carbocycles. The van der Waals surface area contributed by atoms with Gasteiger partial charge < -0.3 is 9.64 Å². The maximum atomic E-state index is 5.50. The summed E-state index contributed by atoms with van der Waals surface area (Å²) in [4.78, 5) is 9.90. The van der Waals surface area contributed by atoms with Crippen molar-refractivity contribution in [3.8, 4) is 0 Å². The average molecular weight is 325 g/mol. The maximum Gasteiger partial charge on any atom is 0.0705 e. The molecule has 2 aliphatic heterocycles. The van der Waals surface area contributed by atoms with E-state index in [4.69, 9.17) is 9.72 Å². The SMILES string of the molecule is COC[C@@H]1CN(C)C[C@]12CCN(Cc1ccc3ccccc3n1)C2. The summed E-state index contributed by atoms with van der Waals surface area (Å²) < 4.78 is 5.50. The van der Waals surface area contributed by atoms with Gasteiger partial charge in [-0.2, -0.15) is 0 Å². The van der Waals surface area contributed by atoms with E-state index in [1.54, 1.807) is 0 Å². The van der Waals surface area contributed by atoms with E-state index in [2.05, 4.69) is 53.2 Å². The van der Waals surface area contributed by atoms with Crippen LogP contribution < -0.4 is 0 Å². The highest BCUT2D eigenvalue weighted by Gasteiger charge is 2.49. The molecule has 3 heterocycles. The number of ether oxygens (including phenoxy) is 1. The Hall–Kier alpha value is -1.49. The Morgan fingerprint density at radius 3 is 2.96 bits per heavy atom. The summed E-state index contributed by atoms with van der Waals surface area (Å²) in [6.07, 6.45) is 1.28. The van der Waals surface area contributed by atoms with E-state index < -0.39 is 0 Å². The Kier molecular flexibility index (Phi) is 4.29. The molecule has 1 aromatic heterocycles. The van der Waals surface area contributed by atoms with E-state index in [-0.39, 0.29) is 0 Å². The summed E-state index contributed by atoms with van der Waals surface area (Å²) in [6, 6.07) is 12.7. The summed E-state index contributed by atoms with van der Waals surface area (Å²) in [5.41, 5.74) is 2.68. The average Bonchev–Trinajstić information content (AvgIpc) is 3.11. The normalized spacial score (nSPS) is 28.3. The van der Waals surface area contributed by atoms with Gasteiger partial charge in [-0.3, -0.25) is 9.88 Å². The second-order valence-electron chi connectivity index (χ2n) is 7.67. The van der Waals surface area contributed by atoms with Crippen molar-refractivity contribution >= 4 is 10.9 Å². The molecule has 2 saturated heterocycles. The molecule has 2 aromatic rings. The highest BCUT2D eigenvalue weighted by atomic mass is 16.5. The number of para-hydroxylation sites is 1. The van der Waals surface area contributed by atoms with Crippen LogP contribution in [0.15, 0.2) is 36.4 Å². The standard InChI is InChI=1S/C20H27N3O/c1-22-11-17(13-24-2)20(14-22)9-10-23(15-20)12-18-8-7-16-5-3-4-6-19(16)21-18/h3-8,17H,9-15H2,1-2H3/t17-,20-/m0/s1. The fourth-order valence-corrected chi connectivity index (χ4v) is 4.74. The molecule has 0 N–H and O–H groups in total. The van der Waals surface area contributed by atoms with Gasteiger partial charge in [-0.1, -0.05) is 24.3 Å². The zero-order valence-electron chi connectivity index (χ0n) is 14.7. The summed E-state index contributed by atoms with van der Waals surface area (Å²) in [6.45, 7) is 6.53. The first kappa shape index (κ1) is 16.0. The van der Waals surface area contributed by atoms with Crippen LogP contribution in [0.2, 0.25) is 0 Å². The number of fused-ring (bicyclic) bond motifs is 1. The van der Waals surface area contributed by atoms with E-state index in [1.807, 2.05) is 7.11 Å². The largest absolute Gasteiger partial charge is 0.384 e. The Labute approximate surface area is 144 Å². The van der Waals surface area contributed by atoms with Crippen LogP contribution in [-0.2, 0) is 11.3 Å². The fraction of sp³-hybridized carbons (Fsp3) is 0.550. The predicted molar refractivity (Wildman–Crippen MR) is 96.9 cm³/mol. The van der Waals surface area contributed by atoms with Gasteiger partial charge in [0.15, 0.2) is 0 Å². The summed E-state index contributed by atoms with van der Waals surface area (Å²) in [5, 5.41) is 1.22. The van der Waals surface area contributed by atoms with E-state index in [1.165, 1.54) is 37.1 Å². The van der Waals surface area contributed by atoms with Crippen LogP contribution in [0.3, 0.4) is 0 Å². The number of hydrogen-bond acceptors (Lipinski definition) is 4. The number of aromatic nitrogens is 1. The first-order valence-electron chi connectivity index (χ1n) is 8.93. The van der Waals surface area contributed by atoms with Gasteiger partial charge in [-0.15, -0.1) is 0 Å². The molecule has 24 heavy (non-hydrogen) atoms. The second kappa shape index (κ2) is 6.43. The number of nitrogens with zero attached hydrogens (tertiary/aromatic N) is 3.